The molecule has 2 aromatic carbocycles. The van der Waals surface area contributed by atoms with Crippen LogP contribution in [0.2, 0.25) is 0 Å². The Morgan fingerprint density at radius 3 is 2.53 bits per heavy atom. The number of hydrogen-bond acceptors (Lipinski definition) is 5. The first-order valence-electron chi connectivity index (χ1n) is 9.86. The molecule has 0 bridgehead atoms. The highest BCUT2D eigenvalue weighted by atomic mass is 32.2. The van der Waals surface area contributed by atoms with E-state index in [2.05, 4.69) is 10.3 Å². The van der Waals surface area contributed by atoms with Gasteiger partial charge < -0.3 is 14.6 Å². The number of rotatable bonds is 9. The predicted octanol–water partition coefficient (Wildman–Crippen LogP) is 3.06. The fourth-order valence-corrected chi connectivity index (χ4v) is 3.78. The quantitative estimate of drug-likeness (QED) is 0.541. The summed E-state index contributed by atoms with van der Waals surface area (Å²) in [6.07, 6.45) is 1.57. The highest BCUT2D eigenvalue weighted by Gasteiger charge is 2.15. The fraction of sp³-hybridized carbons (Fsp3) is 0.333. The van der Waals surface area contributed by atoms with E-state index in [1.54, 1.807) is 18.2 Å². The van der Waals surface area contributed by atoms with E-state index in [1.807, 2.05) is 30.5 Å². The lowest BCUT2D eigenvalue weighted by Gasteiger charge is -2.09. The first kappa shape index (κ1) is 21.8. The standard InChI is InChI=1S/C21H26N4O4S/c1-3-13-25-19-10-9-17(30(22,27)28)14-18(19)24-20(25)11-12-21(26)23-15-5-7-16(8-6-15)29-4-2/h5-10,14H,3-4,11-13H2,1-2H3,(H,23,26)(H2,22,27,28). The second kappa shape index (κ2) is 9.27. The van der Waals surface area contributed by atoms with Gasteiger partial charge in [-0.05, 0) is 55.8 Å². The van der Waals surface area contributed by atoms with Gasteiger partial charge in [-0.1, -0.05) is 6.92 Å². The number of carbonyl (C=O) groups excluding carboxylic acids is 1. The van der Waals surface area contributed by atoms with Crippen molar-refractivity contribution in [3.63, 3.8) is 0 Å². The maximum absolute atomic E-state index is 12.4. The number of fused-ring (bicyclic) bond motifs is 1. The maximum Gasteiger partial charge on any atom is 0.238 e. The molecule has 1 heterocycles. The number of nitrogens with two attached hydrogens (primary N) is 1. The average molecular weight is 431 g/mol. The molecule has 3 N–H and O–H groups in total. The molecule has 0 unspecified atom stereocenters. The lowest BCUT2D eigenvalue weighted by Crippen LogP contribution is -2.14. The number of hydrogen-bond donors (Lipinski definition) is 2. The van der Waals surface area contributed by atoms with Crippen molar-refractivity contribution in [2.45, 2.75) is 44.6 Å². The fourth-order valence-electron chi connectivity index (χ4n) is 3.25. The topological polar surface area (TPSA) is 116 Å². The Balaban J connectivity index is 1.74. The van der Waals surface area contributed by atoms with E-state index in [0.29, 0.717) is 24.2 Å². The minimum atomic E-state index is -3.80. The number of carbonyl (C=O) groups is 1. The first-order chi connectivity index (χ1) is 14.3. The molecule has 3 rings (SSSR count). The van der Waals surface area contributed by atoms with Crippen LogP contribution < -0.4 is 15.2 Å². The summed E-state index contributed by atoms with van der Waals surface area (Å²) in [7, 11) is -3.80. The molecule has 1 amide bonds. The average Bonchev–Trinajstić information content (AvgIpc) is 3.05. The van der Waals surface area contributed by atoms with Gasteiger partial charge in [0.1, 0.15) is 11.6 Å². The molecule has 9 heteroatoms. The van der Waals surface area contributed by atoms with E-state index in [1.165, 1.54) is 12.1 Å². The van der Waals surface area contributed by atoms with Gasteiger partial charge in [0.25, 0.3) is 0 Å². The van der Waals surface area contributed by atoms with Crippen LogP contribution in [0.1, 0.15) is 32.5 Å². The summed E-state index contributed by atoms with van der Waals surface area (Å²) in [5.74, 6) is 1.36. The van der Waals surface area contributed by atoms with E-state index in [-0.39, 0.29) is 17.2 Å². The molecule has 160 valence electrons. The zero-order valence-electron chi connectivity index (χ0n) is 17.1. The first-order valence-corrected chi connectivity index (χ1v) is 11.4. The number of benzene rings is 2. The second-order valence-electron chi connectivity index (χ2n) is 6.88. The largest absolute Gasteiger partial charge is 0.494 e. The molecule has 0 aliphatic carbocycles. The summed E-state index contributed by atoms with van der Waals surface area (Å²) in [5.41, 5.74) is 2.08. The van der Waals surface area contributed by atoms with E-state index in [9.17, 15) is 13.2 Å². The van der Waals surface area contributed by atoms with Crippen LogP contribution in [-0.2, 0) is 27.8 Å². The normalized spacial score (nSPS) is 11.6. The summed E-state index contributed by atoms with van der Waals surface area (Å²) < 4.78 is 30.7. The summed E-state index contributed by atoms with van der Waals surface area (Å²) in [6, 6.07) is 11.9. The minimum Gasteiger partial charge on any atom is -0.494 e. The molecule has 0 atom stereocenters. The van der Waals surface area contributed by atoms with E-state index in [4.69, 9.17) is 9.88 Å². The van der Waals surface area contributed by atoms with Crippen LogP contribution in [0.15, 0.2) is 47.4 Å². The monoisotopic (exact) mass is 430 g/mol. The van der Waals surface area contributed by atoms with Crippen molar-refractivity contribution in [3.05, 3.63) is 48.3 Å². The van der Waals surface area contributed by atoms with Crippen molar-refractivity contribution in [3.8, 4) is 5.75 Å². The highest BCUT2D eigenvalue weighted by Crippen LogP contribution is 2.22. The van der Waals surface area contributed by atoms with Gasteiger partial charge in [0.05, 0.1) is 22.5 Å². The molecule has 3 aromatic rings. The van der Waals surface area contributed by atoms with E-state index in [0.717, 1.165) is 30.1 Å². The van der Waals surface area contributed by atoms with Gasteiger partial charge in [-0.25, -0.2) is 18.5 Å². The number of nitrogens with one attached hydrogen (secondary N) is 1. The zero-order chi connectivity index (χ0) is 21.7. The van der Waals surface area contributed by atoms with Crippen molar-refractivity contribution in [2.24, 2.45) is 5.14 Å². The molecule has 0 aliphatic rings. The Bertz CT molecular complexity index is 1140. The van der Waals surface area contributed by atoms with Crippen molar-refractivity contribution in [1.82, 2.24) is 9.55 Å². The lowest BCUT2D eigenvalue weighted by molar-refractivity contribution is -0.116. The van der Waals surface area contributed by atoms with Crippen LogP contribution >= 0.6 is 0 Å². The van der Waals surface area contributed by atoms with Crippen LogP contribution in [0.5, 0.6) is 5.75 Å². The van der Waals surface area contributed by atoms with Crippen LogP contribution in [-0.4, -0.2) is 30.5 Å². The number of ether oxygens (including phenoxy) is 1. The number of amides is 1. The Labute approximate surface area is 176 Å². The van der Waals surface area contributed by atoms with Crippen molar-refractivity contribution in [2.75, 3.05) is 11.9 Å². The predicted molar refractivity (Wildman–Crippen MR) is 116 cm³/mol. The number of primary sulfonamides is 1. The number of aromatic nitrogens is 2. The molecule has 30 heavy (non-hydrogen) atoms. The van der Waals surface area contributed by atoms with Crippen molar-refractivity contribution < 1.29 is 17.9 Å². The Morgan fingerprint density at radius 1 is 1.17 bits per heavy atom. The molecular weight excluding hydrogens is 404 g/mol. The second-order valence-corrected chi connectivity index (χ2v) is 8.44. The number of sulfonamides is 1. The number of nitrogens with zero attached hydrogens (tertiary/aromatic N) is 2. The molecule has 8 nitrogen and oxygen atoms in total. The highest BCUT2D eigenvalue weighted by molar-refractivity contribution is 7.89. The third-order valence-electron chi connectivity index (χ3n) is 4.60. The van der Waals surface area contributed by atoms with Gasteiger partial charge in [-0.2, -0.15) is 0 Å². The Morgan fingerprint density at radius 2 is 1.90 bits per heavy atom. The third kappa shape index (κ3) is 5.17. The zero-order valence-corrected chi connectivity index (χ0v) is 17.9. The number of imidazole rings is 1. The lowest BCUT2D eigenvalue weighted by atomic mass is 10.2. The maximum atomic E-state index is 12.4. The molecule has 1 aromatic heterocycles. The van der Waals surface area contributed by atoms with Gasteiger partial charge in [0.2, 0.25) is 15.9 Å². The summed E-state index contributed by atoms with van der Waals surface area (Å²) >= 11 is 0. The summed E-state index contributed by atoms with van der Waals surface area (Å²) in [4.78, 5) is 17.0. The van der Waals surface area contributed by atoms with Crippen molar-refractivity contribution in [1.29, 1.82) is 0 Å². The third-order valence-corrected chi connectivity index (χ3v) is 5.51. The molecule has 0 spiro atoms. The van der Waals surface area contributed by atoms with E-state index < -0.39 is 10.0 Å². The van der Waals surface area contributed by atoms with Crippen LogP contribution in [0.3, 0.4) is 0 Å². The van der Waals surface area contributed by atoms with Crippen LogP contribution in [0, 0.1) is 0 Å². The van der Waals surface area contributed by atoms with Gasteiger partial charge in [0, 0.05) is 25.1 Å². The summed E-state index contributed by atoms with van der Waals surface area (Å²) in [5, 5.41) is 8.09. The van der Waals surface area contributed by atoms with E-state index >= 15 is 0 Å². The molecule has 0 radical (unpaired) electrons. The summed E-state index contributed by atoms with van der Waals surface area (Å²) in [6.45, 7) is 5.27. The van der Waals surface area contributed by atoms with Gasteiger partial charge in [-0.15, -0.1) is 0 Å². The molecule has 0 fully saturated rings. The Hall–Kier alpha value is -2.91. The molecule has 0 saturated carbocycles. The minimum absolute atomic E-state index is 0.0240. The smallest absolute Gasteiger partial charge is 0.238 e. The van der Waals surface area contributed by atoms with Gasteiger partial charge in [-0.3, -0.25) is 4.79 Å². The van der Waals surface area contributed by atoms with Crippen LogP contribution in [0.4, 0.5) is 5.69 Å². The van der Waals surface area contributed by atoms with Gasteiger partial charge in [0.15, 0.2) is 0 Å². The molecule has 0 aliphatic heterocycles. The van der Waals surface area contributed by atoms with Crippen LogP contribution in [0.25, 0.3) is 11.0 Å². The van der Waals surface area contributed by atoms with Crippen molar-refractivity contribution >= 4 is 32.7 Å². The number of aryl methyl sites for hydroxylation is 2. The Kier molecular flexibility index (Phi) is 6.73. The van der Waals surface area contributed by atoms with Gasteiger partial charge >= 0.3 is 0 Å². The molecule has 0 saturated heterocycles. The molecular formula is C21H26N4O4S. The SMILES string of the molecule is CCCn1c(CCC(=O)Nc2ccc(OCC)cc2)nc2cc(S(N)(=O)=O)ccc21. The number of anilines is 1.